The van der Waals surface area contributed by atoms with Crippen molar-refractivity contribution in [1.82, 2.24) is 4.98 Å². The summed E-state index contributed by atoms with van der Waals surface area (Å²) < 4.78 is 5.23. The van der Waals surface area contributed by atoms with Crippen LogP contribution in [0, 0.1) is 0 Å². The number of pyridine rings is 1. The Bertz CT molecular complexity index is 755. The lowest BCUT2D eigenvalue weighted by molar-refractivity contribution is 0.0526. The van der Waals surface area contributed by atoms with Crippen molar-refractivity contribution < 1.29 is 14.3 Å². The van der Waals surface area contributed by atoms with E-state index in [0.717, 1.165) is 24.8 Å². The maximum absolute atomic E-state index is 12.5. The smallest absolute Gasteiger partial charge is 0.341 e. The number of ether oxygens (including phenoxy) is 1. The average Bonchev–Trinajstić information content (AvgIpc) is 2.95. The molecule has 24 heavy (non-hydrogen) atoms. The molecule has 126 valence electrons. The maximum Gasteiger partial charge on any atom is 0.341 e. The van der Waals surface area contributed by atoms with Crippen LogP contribution in [0.1, 0.15) is 63.8 Å². The van der Waals surface area contributed by atoms with E-state index in [1.54, 1.807) is 25.3 Å². The van der Waals surface area contributed by atoms with Gasteiger partial charge in [0, 0.05) is 17.3 Å². The van der Waals surface area contributed by atoms with Gasteiger partial charge in [0.2, 0.25) is 0 Å². The highest BCUT2D eigenvalue weighted by atomic mass is 32.1. The first-order valence-corrected chi connectivity index (χ1v) is 8.97. The summed E-state index contributed by atoms with van der Waals surface area (Å²) in [7, 11) is 0. The minimum Gasteiger partial charge on any atom is -0.462 e. The van der Waals surface area contributed by atoms with E-state index in [2.05, 4.69) is 17.2 Å². The van der Waals surface area contributed by atoms with Crippen molar-refractivity contribution in [3.8, 4) is 0 Å². The van der Waals surface area contributed by atoms with E-state index in [1.807, 2.05) is 0 Å². The molecule has 0 spiro atoms. The maximum atomic E-state index is 12.5. The van der Waals surface area contributed by atoms with Crippen LogP contribution in [0.3, 0.4) is 0 Å². The molecule has 2 heterocycles. The Morgan fingerprint density at radius 3 is 3.00 bits per heavy atom. The zero-order chi connectivity index (χ0) is 17.1. The molecule has 1 atom stereocenters. The summed E-state index contributed by atoms with van der Waals surface area (Å²) in [6.45, 7) is 4.22. The van der Waals surface area contributed by atoms with Crippen molar-refractivity contribution in [2.45, 2.75) is 39.0 Å². The Morgan fingerprint density at radius 2 is 2.29 bits per heavy atom. The summed E-state index contributed by atoms with van der Waals surface area (Å²) in [6, 6.07) is 3.41. The minimum atomic E-state index is -0.356. The number of nitrogens with zero attached hydrogens (tertiary/aromatic N) is 1. The van der Waals surface area contributed by atoms with Crippen LogP contribution in [-0.2, 0) is 11.2 Å². The predicted molar refractivity (Wildman–Crippen MR) is 93.8 cm³/mol. The van der Waals surface area contributed by atoms with Gasteiger partial charge in [-0.25, -0.2) is 4.79 Å². The highest BCUT2D eigenvalue weighted by Crippen LogP contribution is 2.43. The van der Waals surface area contributed by atoms with Crippen molar-refractivity contribution in [2.75, 3.05) is 11.9 Å². The number of anilines is 1. The van der Waals surface area contributed by atoms with Crippen LogP contribution in [-0.4, -0.2) is 23.5 Å². The van der Waals surface area contributed by atoms with Crippen LogP contribution >= 0.6 is 11.3 Å². The number of fused-ring (bicyclic) bond motifs is 1. The number of rotatable bonds is 4. The predicted octanol–water partition coefficient (Wildman–Crippen LogP) is 4.01. The second kappa shape index (κ2) is 7.13. The molecule has 1 amide bonds. The molecular formula is C18H20N2O3S. The van der Waals surface area contributed by atoms with Crippen LogP contribution < -0.4 is 5.32 Å². The lowest BCUT2D eigenvalue weighted by atomic mass is 9.86. The fourth-order valence-electron chi connectivity index (χ4n) is 3.08. The van der Waals surface area contributed by atoms with Gasteiger partial charge in [0.05, 0.1) is 17.7 Å². The molecule has 0 bridgehead atoms. The molecule has 1 unspecified atom stereocenters. The zero-order valence-corrected chi connectivity index (χ0v) is 14.6. The number of aryl methyl sites for hydroxylation is 1. The van der Waals surface area contributed by atoms with Crippen LogP contribution in [0.25, 0.3) is 0 Å². The molecule has 6 heteroatoms. The van der Waals surface area contributed by atoms with E-state index in [9.17, 15) is 9.59 Å². The van der Waals surface area contributed by atoms with Gasteiger partial charge in [0.15, 0.2) is 0 Å². The lowest BCUT2D eigenvalue weighted by Gasteiger charge is -2.19. The molecule has 0 saturated carbocycles. The number of hydrogen-bond acceptors (Lipinski definition) is 5. The highest BCUT2D eigenvalue weighted by molar-refractivity contribution is 7.17. The fraction of sp³-hybridized carbons (Fsp3) is 0.389. The van der Waals surface area contributed by atoms with Crippen molar-refractivity contribution in [3.05, 3.63) is 46.1 Å². The summed E-state index contributed by atoms with van der Waals surface area (Å²) in [5.41, 5.74) is 2.04. The van der Waals surface area contributed by atoms with Gasteiger partial charge in [-0.3, -0.25) is 9.78 Å². The van der Waals surface area contributed by atoms with Gasteiger partial charge in [0.25, 0.3) is 5.91 Å². The van der Waals surface area contributed by atoms with E-state index in [0.29, 0.717) is 28.7 Å². The molecule has 1 aliphatic rings. The molecule has 0 radical (unpaired) electrons. The number of aromatic nitrogens is 1. The van der Waals surface area contributed by atoms with Crippen molar-refractivity contribution in [1.29, 1.82) is 0 Å². The molecule has 5 nitrogen and oxygen atoms in total. The average molecular weight is 344 g/mol. The fourth-order valence-corrected chi connectivity index (χ4v) is 4.42. The van der Waals surface area contributed by atoms with Gasteiger partial charge in [-0.1, -0.05) is 6.92 Å². The van der Waals surface area contributed by atoms with Crippen LogP contribution in [0.5, 0.6) is 0 Å². The van der Waals surface area contributed by atoms with Crippen LogP contribution in [0.15, 0.2) is 24.5 Å². The molecule has 1 aliphatic carbocycles. The summed E-state index contributed by atoms with van der Waals surface area (Å²) in [5, 5.41) is 3.47. The van der Waals surface area contributed by atoms with E-state index in [1.165, 1.54) is 22.4 Å². The van der Waals surface area contributed by atoms with Crippen LogP contribution in [0.4, 0.5) is 5.00 Å². The Hall–Kier alpha value is -2.21. The normalized spacial score (nSPS) is 16.3. The van der Waals surface area contributed by atoms with Crippen molar-refractivity contribution in [2.24, 2.45) is 0 Å². The molecular weight excluding hydrogens is 324 g/mol. The van der Waals surface area contributed by atoms with Gasteiger partial charge in [-0.05, 0) is 49.8 Å². The van der Waals surface area contributed by atoms with Gasteiger partial charge in [-0.15, -0.1) is 11.3 Å². The summed E-state index contributed by atoms with van der Waals surface area (Å²) >= 11 is 1.49. The number of nitrogens with one attached hydrogen (secondary N) is 1. The third-order valence-corrected chi connectivity index (χ3v) is 5.37. The Morgan fingerprint density at radius 1 is 1.46 bits per heavy atom. The minimum absolute atomic E-state index is 0.264. The summed E-state index contributed by atoms with van der Waals surface area (Å²) in [5.74, 6) is -0.321. The first-order valence-electron chi connectivity index (χ1n) is 8.15. The number of amides is 1. The standard InChI is InChI=1S/C18H20N2O3S/c1-3-23-18(22)15-14-11(2)6-4-8-13(14)24-17(15)20-16(21)12-7-5-9-19-10-12/h5,7,9-11H,3-4,6,8H2,1-2H3,(H,20,21). The van der Waals surface area contributed by atoms with Gasteiger partial charge >= 0.3 is 5.97 Å². The molecule has 0 fully saturated rings. The first kappa shape index (κ1) is 16.6. The lowest BCUT2D eigenvalue weighted by Crippen LogP contribution is -2.16. The third kappa shape index (κ3) is 3.19. The second-order valence-electron chi connectivity index (χ2n) is 5.85. The number of thiophene rings is 1. The number of carbonyl (C=O) groups excluding carboxylic acids is 2. The second-order valence-corrected chi connectivity index (χ2v) is 6.96. The largest absolute Gasteiger partial charge is 0.462 e. The van der Waals surface area contributed by atoms with E-state index >= 15 is 0 Å². The number of carbonyl (C=O) groups is 2. The highest BCUT2D eigenvalue weighted by Gasteiger charge is 2.30. The molecule has 2 aromatic heterocycles. The molecule has 0 saturated heterocycles. The molecule has 1 N–H and O–H groups in total. The molecule has 3 rings (SSSR count). The Kier molecular flexibility index (Phi) is 4.94. The van der Waals surface area contributed by atoms with E-state index in [4.69, 9.17) is 4.74 Å². The van der Waals surface area contributed by atoms with Gasteiger partial charge in [-0.2, -0.15) is 0 Å². The molecule has 0 aromatic carbocycles. The van der Waals surface area contributed by atoms with Crippen LogP contribution in [0.2, 0.25) is 0 Å². The molecule has 2 aromatic rings. The SMILES string of the molecule is CCOC(=O)c1c(NC(=O)c2cccnc2)sc2c1C(C)CCC2. The number of esters is 1. The van der Waals surface area contributed by atoms with Gasteiger partial charge < -0.3 is 10.1 Å². The Balaban J connectivity index is 1.98. The quantitative estimate of drug-likeness (QED) is 0.851. The third-order valence-electron chi connectivity index (χ3n) is 4.19. The topological polar surface area (TPSA) is 68.3 Å². The van der Waals surface area contributed by atoms with Crippen molar-refractivity contribution >= 4 is 28.2 Å². The first-order chi connectivity index (χ1) is 11.6. The Labute approximate surface area is 145 Å². The van der Waals surface area contributed by atoms with Crippen molar-refractivity contribution in [3.63, 3.8) is 0 Å². The number of hydrogen-bond donors (Lipinski definition) is 1. The van der Waals surface area contributed by atoms with Gasteiger partial charge in [0.1, 0.15) is 5.00 Å². The summed E-state index contributed by atoms with van der Waals surface area (Å²) in [6.07, 6.45) is 6.22. The molecule has 0 aliphatic heterocycles. The monoisotopic (exact) mass is 344 g/mol. The zero-order valence-electron chi connectivity index (χ0n) is 13.8. The summed E-state index contributed by atoms with van der Waals surface area (Å²) in [4.78, 5) is 30.1. The van der Waals surface area contributed by atoms with E-state index < -0.39 is 0 Å². The van der Waals surface area contributed by atoms with E-state index in [-0.39, 0.29) is 11.9 Å².